The van der Waals surface area contributed by atoms with E-state index in [2.05, 4.69) is 128 Å². The summed E-state index contributed by atoms with van der Waals surface area (Å²) in [7, 11) is 0. The Hall–Kier alpha value is -8.85. The van der Waals surface area contributed by atoms with Crippen molar-refractivity contribution in [2.75, 3.05) is 6.54 Å². The van der Waals surface area contributed by atoms with Crippen LogP contribution in [0.4, 0.5) is 13.2 Å². The van der Waals surface area contributed by atoms with Crippen LogP contribution in [0.2, 0.25) is 0 Å². The fraction of sp³-hybridized carbons (Fsp3) is 0.505. The molecular weight excluding hydrogens is 1400 g/mol. The summed E-state index contributed by atoms with van der Waals surface area (Å²) in [6, 6.07) is 51.5. The summed E-state index contributed by atoms with van der Waals surface area (Å²) in [5.41, 5.74) is 15.4. The molecule has 0 spiro atoms. The van der Waals surface area contributed by atoms with Crippen molar-refractivity contribution in [2.24, 2.45) is 57.7 Å². The second-order valence-corrected chi connectivity index (χ2v) is 37.7. The average molecular weight is 1510 g/mol. The molecule has 10 bridgehead atoms. The zero-order chi connectivity index (χ0) is 76.5. The van der Waals surface area contributed by atoms with Gasteiger partial charge in [0, 0.05) is 52.6 Å². The highest BCUT2D eigenvalue weighted by molar-refractivity contribution is 5.96. The van der Waals surface area contributed by atoms with Crippen molar-refractivity contribution < 1.29 is 27.6 Å². The number of benzene rings is 6. The molecule has 6 atom stereocenters. The first kappa shape index (κ1) is 74.6. The highest BCUT2D eigenvalue weighted by Crippen LogP contribution is 2.63. The Bertz CT molecular complexity index is 4800. The van der Waals surface area contributed by atoms with E-state index in [9.17, 15) is 27.6 Å². The van der Waals surface area contributed by atoms with Gasteiger partial charge in [0.1, 0.15) is 17.5 Å². The van der Waals surface area contributed by atoms with E-state index in [0.29, 0.717) is 46.2 Å². The number of hydrogen-bond donors (Lipinski definition) is 3. The van der Waals surface area contributed by atoms with Gasteiger partial charge >= 0.3 is 0 Å². The fourth-order valence-corrected chi connectivity index (χ4v) is 25.3. The van der Waals surface area contributed by atoms with Crippen LogP contribution in [0.3, 0.4) is 0 Å². The molecule has 3 amide bonds. The van der Waals surface area contributed by atoms with Crippen LogP contribution in [0.5, 0.6) is 0 Å². The smallest absolute Gasteiger partial charge is 0.272 e. The number of carbonyl (C=O) groups excluding carboxylic acids is 3. The highest BCUT2D eigenvalue weighted by atomic mass is 19.1. The number of halogens is 3. The van der Waals surface area contributed by atoms with Crippen molar-refractivity contribution in [3.63, 3.8) is 0 Å². The molecule has 112 heavy (non-hydrogen) atoms. The lowest BCUT2D eigenvalue weighted by Crippen LogP contribution is -2.60. The molecule has 0 saturated heterocycles. The zero-order valence-electron chi connectivity index (χ0n) is 65.9. The lowest BCUT2D eigenvalue weighted by molar-refractivity contribution is -0.0503. The molecule has 3 N–H and O–H groups in total. The molecule has 15 heteroatoms. The van der Waals surface area contributed by atoms with Crippen LogP contribution in [0.15, 0.2) is 164 Å². The van der Waals surface area contributed by atoms with Crippen LogP contribution < -0.4 is 16.0 Å². The predicted octanol–water partition coefficient (Wildman–Crippen LogP) is 20.8. The van der Waals surface area contributed by atoms with Gasteiger partial charge in [0.15, 0.2) is 17.1 Å². The van der Waals surface area contributed by atoms with Crippen LogP contribution in [0.25, 0.3) is 17.1 Å². The van der Waals surface area contributed by atoms with Gasteiger partial charge in [-0.1, -0.05) is 112 Å². The maximum atomic E-state index is 13.9. The monoisotopic (exact) mass is 1510 g/mol. The van der Waals surface area contributed by atoms with Crippen molar-refractivity contribution in [3.05, 3.63) is 249 Å². The first-order chi connectivity index (χ1) is 54.4. The number of nitrogens with one attached hydrogen (secondary N) is 3. The third kappa shape index (κ3) is 15.0. The molecule has 0 aliphatic heterocycles. The first-order valence-electron chi connectivity index (χ1n) is 43.0. The topological polar surface area (TPSA) is 141 Å². The summed E-state index contributed by atoms with van der Waals surface area (Å²) in [6.45, 7) is 7.77. The molecular formula is C97H112F3N9O3. The van der Waals surface area contributed by atoms with Crippen LogP contribution in [-0.2, 0) is 38.5 Å². The third-order valence-electron chi connectivity index (χ3n) is 29.7. The van der Waals surface area contributed by atoms with E-state index in [-0.39, 0.29) is 57.6 Å². The van der Waals surface area contributed by atoms with Crippen molar-refractivity contribution in [1.29, 1.82) is 0 Å². The van der Waals surface area contributed by atoms with E-state index >= 15 is 0 Å². The molecule has 6 aromatic carbocycles. The predicted molar refractivity (Wildman–Crippen MR) is 434 cm³/mol. The molecule has 13 aliphatic rings. The summed E-state index contributed by atoms with van der Waals surface area (Å²) in [5, 5.41) is 25.3. The number of fused-ring (bicyclic) bond motifs is 5. The summed E-state index contributed by atoms with van der Waals surface area (Å²) >= 11 is 0. The number of aromatic nitrogens is 6. The van der Waals surface area contributed by atoms with E-state index in [1.165, 1.54) is 130 Å². The van der Waals surface area contributed by atoms with Gasteiger partial charge in [-0.2, -0.15) is 15.3 Å². The Morgan fingerprint density at radius 1 is 0.420 bits per heavy atom. The maximum absolute atomic E-state index is 13.9. The maximum Gasteiger partial charge on any atom is 0.272 e. The molecule has 3 heterocycles. The highest BCUT2D eigenvalue weighted by Gasteiger charge is 2.60. The molecule has 10 saturated carbocycles. The largest absolute Gasteiger partial charge is 0.350 e. The number of rotatable bonds is 19. The third-order valence-corrected chi connectivity index (χ3v) is 29.7. The van der Waals surface area contributed by atoms with Crippen molar-refractivity contribution in [2.45, 2.75) is 243 Å². The van der Waals surface area contributed by atoms with Gasteiger partial charge in [0.05, 0.1) is 34.1 Å². The van der Waals surface area contributed by atoms with Crippen molar-refractivity contribution in [1.82, 2.24) is 45.3 Å². The minimum atomic E-state index is -0.268. The van der Waals surface area contributed by atoms with E-state index in [1.807, 2.05) is 14.0 Å². The Balaban J connectivity index is 0.000000117. The standard InChI is InChI=1S/C33H38FN3O.C32H36FN3O.C32H38FN3O/c34-27-11-13-28(14-12-27)37-31-26(10-9-22-5-2-1-3-6-22)7-4-8-29(31)30(36-37)32(38)35-21-33-18-23-15-24(19-33)17-25(16-23)20-33;33-26-11-13-27(14-12-26)36-30-25(10-9-21-5-2-1-3-6-21)7-4-8-28(30)29(35-36)31(37)34-32-18-22-15-23(19-32)17-24(16-22)20-32;1-31(2)23-18-19-32(3,20-23)30(31)34-29(37)27-26-11-7-10-22(13-12-21-8-5-4-6-9-21)28(26)36(35-27)25-16-14-24(33)15-17-25/h1-3,5-6,11-14,23-26H,4,7-10,15-21H2,(H,35,38);1-3,5-6,11-14,22-25H,4,7-10,15-20H2,(H,34,37);4-6,8-9,14-17,22-23,30H,7,10-13,18-20H2,1-3H3,(H,34,37). The quantitative estimate of drug-likeness (QED) is 0.0736. The minimum Gasteiger partial charge on any atom is -0.350 e. The second kappa shape index (κ2) is 30.8. The molecule has 10 fully saturated rings. The molecule has 584 valence electrons. The summed E-state index contributed by atoms with van der Waals surface area (Å²) in [6.07, 6.45) is 34.2. The number of nitrogens with zero attached hydrogens (tertiary/aromatic N) is 6. The SMILES string of the molecule is CC12CCC(C1)C(C)(C)C2NC(=O)c1nn(-c2ccc(F)cc2)c2c1CCCC2CCc1ccccc1.O=C(NC12CC3CC(CC(C3)C1)C2)c1nn(-c2ccc(F)cc2)c2c1CCCC2CCc1ccccc1.O=C(NCC12CC3CC(CC(C3)C1)C2)c1nn(-c2ccc(F)cc2)c2c1CCCC2CCc1ccccc1. The van der Waals surface area contributed by atoms with Crippen LogP contribution in [-0.4, -0.2) is 65.2 Å². The Labute approximate surface area is 659 Å². The average Bonchev–Trinajstić information content (AvgIpc) is 1.57. The number of carbonyl (C=O) groups is 3. The van der Waals surface area contributed by atoms with E-state index in [0.717, 1.165) is 208 Å². The van der Waals surface area contributed by atoms with Gasteiger partial charge in [-0.25, -0.2) is 27.2 Å². The summed E-state index contributed by atoms with van der Waals surface area (Å²) in [5.74, 6) is 5.69. The van der Waals surface area contributed by atoms with Crippen molar-refractivity contribution >= 4 is 17.7 Å². The minimum absolute atomic E-state index is 0.00257. The molecule has 0 radical (unpaired) electrons. The molecule has 12 nitrogen and oxygen atoms in total. The van der Waals surface area contributed by atoms with E-state index in [1.54, 1.807) is 36.4 Å². The Morgan fingerprint density at radius 2 is 0.768 bits per heavy atom. The Morgan fingerprint density at radius 3 is 1.12 bits per heavy atom. The van der Waals surface area contributed by atoms with Gasteiger partial charge in [0.2, 0.25) is 0 Å². The van der Waals surface area contributed by atoms with E-state index < -0.39 is 0 Å². The number of hydrogen-bond acceptors (Lipinski definition) is 6. The van der Waals surface area contributed by atoms with Gasteiger partial charge in [-0.05, 0) is 340 Å². The molecule has 6 unspecified atom stereocenters. The lowest BCUT2D eigenvalue weighted by Gasteiger charge is -2.56. The molecule has 3 aromatic heterocycles. The van der Waals surface area contributed by atoms with Crippen LogP contribution in [0, 0.1) is 75.1 Å². The zero-order valence-corrected chi connectivity index (χ0v) is 65.9. The first-order valence-corrected chi connectivity index (χ1v) is 43.0. The molecule has 13 aliphatic carbocycles. The van der Waals surface area contributed by atoms with Gasteiger partial charge in [-0.3, -0.25) is 14.4 Å². The molecule has 9 aromatic rings. The number of amides is 3. The van der Waals surface area contributed by atoms with E-state index in [4.69, 9.17) is 15.3 Å². The normalized spacial score (nSPS) is 28.9. The molecule has 22 rings (SSSR count). The summed E-state index contributed by atoms with van der Waals surface area (Å²) < 4.78 is 47.2. The fourth-order valence-electron chi connectivity index (χ4n) is 25.3. The second-order valence-electron chi connectivity index (χ2n) is 37.7. The number of aryl methyl sites for hydroxylation is 3. The lowest BCUT2D eigenvalue weighted by atomic mass is 9.49. The van der Waals surface area contributed by atoms with Crippen LogP contribution >= 0.6 is 0 Å². The van der Waals surface area contributed by atoms with Crippen molar-refractivity contribution in [3.8, 4) is 17.1 Å². The van der Waals surface area contributed by atoms with Gasteiger partial charge < -0.3 is 16.0 Å². The van der Waals surface area contributed by atoms with Crippen LogP contribution in [0.1, 0.15) is 275 Å². The Kier molecular flexibility index (Phi) is 20.5. The van der Waals surface area contributed by atoms with Gasteiger partial charge in [0.25, 0.3) is 17.7 Å². The summed E-state index contributed by atoms with van der Waals surface area (Å²) in [4.78, 5) is 41.6. The van der Waals surface area contributed by atoms with Gasteiger partial charge in [-0.15, -0.1) is 0 Å².